The minimum atomic E-state index is -0.230. The van der Waals surface area contributed by atoms with E-state index in [1.807, 2.05) is 0 Å². The molecular formula is C12H20N2. The summed E-state index contributed by atoms with van der Waals surface area (Å²) in [5.41, 5.74) is -0.230. The number of rotatable bonds is 4. The summed E-state index contributed by atoms with van der Waals surface area (Å²) in [6, 6.07) is 2.89. The fourth-order valence-corrected chi connectivity index (χ4v) is 2.41. The minimum Gasteiger partial charge on any atom is -0.299 e. The largest absolute Gasteiger partial charge is 0.299 e. The molecule has 0 heterocycles. The number of hydrogen-bond acceptors (Lipinski definition) is 2. The van der Waals surface area contributed by atoms with Gasteiger partial charge in [-0.3, -0.25) is 4.90 Å². The molecule has 0 saturated heterocycles. The highest BCUT2D eigenvalue weighted by molar-refractivity contribution is 5.23. The van der Waals surface area contributed by atoms with E-state index >= 15 is 0 Å². The van der Waals surface area contributed by atoms with Gasteiger partial charge in [-0.05, 0) is 25.9 Å². The van der Waals surface area contributed by atoms with Gasteiger partial charge in [0.2, 0.25) is 0 Å². The Morgan fingerprint density at radius 2 is 2.07 bits per heavy atom. The average Bonchev–Trinajstić information content (AvgIpc) is 2.65. The zero-order valence-electron chi connectivity index (χ0n) is 9.45. The first kappa shape index (κ1) is 11.3. The lowest BCUT2D eigenvalue weighted by atomic mass is 9.81. The molecule has 0 aromatic carbocycles. The van der Waals surface area contributed by atoms with Crippen LogP contribution in [0.25, 0.3) is 0 Å². The van der Waals surface area contributed by atoms with Gasteiger partial charge in [0.05, 0.1) is 11.5 Å². The first-order chi connectivity index (χ1) is 6.74. The van der Waals surface area contributed by atoms with Crippen molar-refractivity contribution in [2.45, 2.75) is 39.7 Å². The third-order valence-corrected chi connectivity index (χ3v) is 3.42. The van der Waals surface area contributed by atoms with E-state index in [9.17, 15) is 5.26 Å². The lowest BCUT2D eigenvalue weighted by Gasteiger charge is -2.35. The van der Waals surface area contributed by atoms with E-state index in [4.69, 9.17) is 0 Å². The van der Waals surface area contributed by atoms with Crippen LogP contribution in [0.1, 0.15) is 33.6 Å². The lowest BCUT2D eigenvalue weighted by Crippen LogP contribution is -2.43. The van der Waals surface area contributed by atoms with Crippen LogP contribution in [-0.2, 0) is 0 Å². The van der Waals surface area contributed by atoms with Crippen molar-refractivity contribution in [1.29, 1.82) is 5.26 Å². The Bertz CT molecular complexity index is 248. The lowest BCUT2D eigenvalue weighted by molar-refractivity contribution is 0.149. The van der Waals surface area contributed by atoms with Gasteiger partial charge in [-0.2, -0.15) is 5.26 Å². The van der Waals surface area contributed by atoms with Gasteiger partial charge in [0, 0.05) is 6.04 Å². The summed E-state index contributed by atoms with van der Waals surface area (Å²) < 4.78 is 0. The van der Waals surface area contributed by atoms with Crippen molar-refractivity contribution in [3.8, 4) is 6.07 Å². The minimum absolute atomic E-state index is 0.230. The molecule has 0 fully saturated rings. The summed E-state index contributed by atoms with van der Waals surface area (Å²) in [4.78, 5) is 2.40. The Kier molecular flexibility index (Phi) is 3.71. The third-order valence-electron chi connectivity index (χ3n) is 3.42. The Labute approximate surface area is 87.2 Å². The first-order valence-corrected chi connectivity index (χ1v) is 5.57. The van der Waals surface area contributed by atoms with Crippen molar-refractivity contribution in [2.24, 2.45) is 5.41 Å². The number of nitrogens with zero attached hydrogens (tertiary/aromatic N) is 2. The van der Waals surface area contributed by atoms with E-state index in [0.29, 0.717) is 6.04 Å². The van der Waals surface area contributed by atoms with Gasteiger partial charge in [0.25, 0.3) is 0 Å². The molecule has 2 heteroatoms. The molecule has 1 aliphatic rings. The SMILES string of the molecule is CCN(CC)C1CC=CC1(C#N)CC. The Hall–Kier alpha value is -0.810. The van der Waals surface area contributed by atoms with Gasteiger partial charge in [-0.1, -0.05) is 32.9 Å². The standard InChI is InChI=1S/C12H20N2/c1-4-12(10-13)9-7-8-11(12)14(5-2)6-3/h7,9,11H,4-6,8H2,1-3H3. The van der Waals surface area contributed by atoms with Crippen molar-refractivity contribution in [1.82, 2.24) is 4.90 Å². The van der Waals surface area contributed by atoms with E-state index in [0.717, 1.165) is 25.9 Å². The van der Waals surface area contributed by atoms with Crippen molar-refractivity contribution in [3.05, 3.63) is 12.2 Å². The predicted molar refractivity (Wildman–Crippen MR) is 58.8 cm³/mol. The monoisotopic (exact) mass is 192 g/mol. The van der Waals surface area contributed by atoms with Crippen LogP contribution in [0, 0.1) is 16.7 Å². The van der Waals surface area contributed by atoms with Gasteiger partial charge < -0.3 is 0 Å². The highest BCUT2D eigenvalue weighted by atomic mass is 15.2. The molecule has 0 saturated carbocycles. The molecule has 78 valence electrons. The van der Waals surface area contributed by atoms with Crippen LogP contribution in [0.5, 0.6) is 0 Å². The van der Waals surface area contributed by atoms with Crippen molar-refractivity contribution >= 4 is 0 Å². The normalized spacial score (nSPS) is 30.9. The second-order valence-corrected chi connectivity index (χ2v) is 3.88. The van der Waals surface area contributed by atoms with Gasteiger partial charge in [-0.15, -0.1) is 0 Å². The number of nitriles is 1. The molecule has 0 spiro atoms. The molecule has 0 N–H and O–H groups in total. The molecule has 1 rings (SSSR count). The smallest absolute Gasteiger partial charge is 0.0908 e. The second kappa shape index (κ2) is 4.61. The summed E-state index contributed by atoms with van der Waals surface area (Å²) in [5.74, 6) is 0. The quantitative estimate of drug-likeness (QED) is 0.640. The molecule has 2 unspecified atom stereocenters. The topological polar surface area (TPSA) is 27.0 Å². The van der Waals surface area contributed by atoms with Crippen LogP contribution < -0.4 is 0 Å². The van der Waals surface area contributed by atoms with Crippen LogP contribution in [0.2, 0.25) is 0 Å². The molecule has 2 nitrogen and oxygen atoms in total. The van der Waals surface area contributed by atoms with E-state index in [1.165, 1.54) is 0 Å². The maximum atomic E-state index is 9.30. The van der Waals surface area contributed by atoms with Crippen LogP contribution in [0.3, 0.4) is 0 Å². The predicted octanol–water partition coefficient (Wildman–Crippen LogP) is 2.58. The van der Waals surface area contributed by atoms with Gasteiger partial charge in [0.1, 0.15) is 0 Å². The van der Waals surface area contributed by atoms with Crippen LogP contribution in [0.15, 0.2) is 12.2 Å². The Morgan fingerprint density at radius 3 is 2.50 bits per heavy atom. The summed E-state index contributed by atoms with van der Waals surface area (Å²) in [6.07, 6.45) is 6.22. The fourth-order valence-electron chi connectivity index (χ4n) is 2.41. The summed E-state index contributed by atoms with van der Waals surface area (Å²) in [5, 5.41) is 9.30. The highest BCUT2D eigenvalue weighted by Crippen LogP contribution is 2.38. The summed E-state index contributed by atoms with van der Waals surface area (Å²) >= 11 is 0. The maximum absolute atomic E-state index is 9.30. The van der Waals surface area contributed by atoms with E-state index in [-0.39, 0.29) is 5.41 Å². The molecular weight excluding hydrogens is 172 g/mol. The molecule has 0 bridgehead atoms. The molecule has 1 aliphatic carbocycles. The van der Waals surface area contributed by atoms with E-state index in [1.54, 1.807) is 0 Å². The Balaban J connectivity index is 2.85. The van der Waals surface area contributed by atoms with Gasteiger partial charge in [-0.25, -0.2) is 0 Å². The van der Waals surface area contributed by atoms with Gasteiger partial charge in [0.15, 0.2) is 0 Å². The van der Waals surface area contributed by atoms with Crippen molar-refractivity contribution < 1.29 is 0 Å². The molecule has 0 aromatic rings. The first-order valence-electron chi connectivity index (χ1n) is 5.57. The van der Waals surface area contributed by atoms with Gasteiger partial charge >= 0.3 is 0 Å². The third kappa shape index (κ3) is 1.69. The molecule has 0 amide bonds. The van der Waals surface area contributed by atoms with Crippen LogP contribution >= 0.6 is 0 Å². The van der Waals surface area contributed by atoms with E-state index < -0.39 is 0 Å². The Morgan fingerprint density at radius 1 is 1.43 bits per heavy atom. The van der Waals surface area contributed by atoms with Crippen molar-refractivity contribution in [2.75, 3.05) is 13.1 Å². The zero-order chi connectivity index (χ0) is 10.6. The van der Waals surface area contributed by atoms with Crippen LogP contribution in [-0.4, -0.2) is 24.0 Å². The molecule has 0 aromatic heterocycles. The molecule has 0 radical (unpaired) electrons. The maximum Gasteiger partial charge on any atom is 0.0908 e. The second-order valence-electron chi connectivity index (χ2n) is 3.88. The molecule has 2 atom stereocenters. The average molecular weight is 192 g/mol. The fraction of sp³-hybridized carbons (Fsp3) is 0.750. The van der Waals surface area contributed by atoms with Crippen molar-refractivity contribution in [3.63, 3.8) is 0 Å². The summed E-state index contributed by atoms with van der Waals surface area (Å²) in [6.45, 7) is 8.51. The van der Waals surface area contributed by atoms with E-state index in [2.05, 4.69) is 43.9 Å². The highest BCUT2D eigenvalue weighted by Gasteiger charge is 2.40. The molecule has 0 aliphatic heterocycles. The van der Waals surface area contributed by atoms with Crippen LogP contribution in [0.4, 0.5) is 0 Å². The summed E-state index contributed by atoms with van der Waals surface area (Å²) in [7, 11) is 0. The molecule has 14 heavy (non-hydrogen) atoms. The number of hydrogen-bond donors (Lipinski definition) is 0. The zero-order valence-corrected chi connectivity index (χ0v) is 9.45.